The highest BCUT2D eigenvalue weighted by molar-refractivity contribution is 6.31. The predicted octanol–water partition coefficient (Wildman–Crippen LogP) is 3.48. The van der Waals surface area contributed by atoms with Gasteiger partial charge in [-0.1, -0.05) is 17.7 Å². The van der Waals surface area contributed by atoms with Gasteiger partial charge in [0.25, 0.3) is 5.91 Å². The van der Waals surface area contributed by atoms with Crippen molar-refractivity contribution in [2.24, 2.45) is 0 Å². The molecule has 2 rings (SSSR count). The highest BCUT2D eigenvalue weighted by Gasteiger charge is 2.20. The lowest BCUT2D eigenvalue weighted by molar-refractivity contribution is -0.152. The molecule has 0 saturated heterocycles. The van der Waals surface area contributed by atoms with Gasteiger partial charge in [0, 0.05) is 5.02 Å². The first-order chi connectivity index (χ1) is 13.4. The number of methoxy groups -OCH3 is 3. The van der Waals surface area contributed by atoms with Crippen molar-refractivity contribution in [2.45, 2.75) is 19.4 Å². The minimum absolute atomic E-state index is 0.0154. The molecule has 2 aromatic rings. The van der Waals surface area contributed by atoms with Gasteiger partial charge < -0.3 is 24.3 Å². The highest BCUT2D eigenvalue weighted by atomic mass is 35.5. The maximum Gasteiger partial charge on any atom is 0.311 e. The second-order valence-corrected chi connectivity index (χ2v) is 6.27. The molecule has 8 heteroatoms. The van der Waals surface area contributed by atoms with E-state index in [2.05, 4.69) is 5.32 Å². The summed E-state index contributed by atoms with van der Waals surface area (Å²) in [6.07, 6.45) is -1.02. The molecule has 150 valence electrons. The zero-order chi connectivity index (χ0) is 20.7. The minimum Gasteiger partial charge on any atom is -0.495 e. The monoisotopic (exact) mass is 407 g/mol. The first-order valence-electron chi connectivity index (χ1n) is 8.42. The second-order valence-electron chi connectivity index (χ2n) is 5.83. The van der Waals surface area contributed by atoms with E-state index in [4.69, 9.17) is 30.5 Å². The van der Waals surface area contributed by atoms with Crippen LogP contribution in [0.4, 0.5) is 5.69 Å². The van der Waals surface area contributed by atoms with E-state index < -0.39 is 18.0 Å². The molecule has 0 aromatic heterocycles. The number of rotatable bonds is 8. The Morgan fingerprint density at radius 3 is 2.25 bits per heavy atom. The first-order valence-corrected chi connectivity index (χ1v) is 8.80. The summed E-state index contributed by atoms with van der Waals surface area (Å²) in [6, 6.07) is 9.93. The van der Waals surface area contributed by atoms with Crippen molar-refractivity contribution >= 4 is 29.2 Å². The van der Waals surface area contributed by atoms with E-state index in [0.29, 0.717) is 33.5 Å². The summed E-state index contributed by atoms with van der Waals surface area (Å²) in [7, 11) is 4.52. The van der Waals surface area contributed by atoms with Crippen LogP contribution in [-0.4, -0.2) is 39.3 Å². The predicted molar refractivity (Wildman–Crippen MR) is 105 cm³/mol. The molecule has 28 heavy (non-hydrogen) atoms. The van der Waals surface area contributed by atoms with E-state index in [9.17, 15) is 9.59 Å². The molecule has 1 amide bonds. The van der Waals surface area contributed by atoms with Gasteiger partial charge in [-0.2, -0.15) is 0 Å². The summed E-state index contributed by atoms with van der Waals surface area (Å²) in [5.74, 6) is 0.463. The van der Waals surface area contributed by atoms with Crippen LogP contribution in [-0.2, 0) is 20.7 Å². The van der Waals surface area contributed by atoms with Gasteiger partial charge >= 0.3 is 5.97 Å². The van der Waals surface area contributed by atoms with Gasteiger partial charge in [-0.25, -0.2) is 0 Å². The zero-order valence-corrected chi connectivity index (χ0v) is 16.8. The molecule has 7 nitrogen and oxygen atoms in total. The van der Waals surface area contributed by atoms with Gasteiger partial charge in [-0.3, -0.25) is 9.59 Å². The molecule has 0 fully saturated rings. The molecule has 0 bridgehead atoms. The fraction of sp³-hybridized carbons (Fsp3) is 0.300. The third-order valence-corrected chi connectivity index (χ3v) is 4.13. The molecule has 0 aliphatic rings. The Morgan fingerprint density at radius 2 is 1.61 bits per heavy atom. The molecular formula is C20H22ClNO6. The van der Waals surface area contributed by atoms with Crippen molar-refractivity contribution in [3.05, 3.63) is 47.0 Å². The first kappa shape index (κ1) is 21.4. The number of hydrogen-bond donors (Lipinski definition) is 1. The van der Waals surface area contributed by atoms with Gasteiger partial charge in [-0.15, -0.1) is 0 Å². The molecule has 0 heterocycles. The maximum absolute atomic E-state index is 12.3. The number of halogens is 1. The summed E-state index contributed by atoms with van der Waals surface area (Å²) in [6.45, 7) is 1.48. The van der Waals surface area contributed by atoms with Gasteiger partial charge in [-0.05, 0) is 42.8 Å². The number of anilines is 1. The topological polar surface area (TPSA) is 83.1 Å². The van der Waals surface area contributed by atoms with Gasteiger partial charge in [0.2, 0.25) is 0 Å². The number of hydrogen-bond acceptors (Lipinski definition) is 6. The lowest BCUT2D eigenvalue weighted by Gasteiger charge is -2.16. The van der Waals surface area contributed by atoms with Crippen LogP contribution in [0.3, 0.4) is 0 Å². The van der Waals surface area contributed by atoms with E-state index in [0.717, 1.165) is 0 Å². The smallest absolute Gasteiger partial charge is 0.311 e. The summed E-state index contributed by atoms with van der Waals surface area (Å²) in [5, 5.41) is 3.08. The third-order valence-electron chi connectivity index (χ3n) is 3.89. The van der Waals surface area contributed by atoms with Crippen LogP contribution in [0, 0.1) is 0 Å². The van der Waals surface area contributed by atoms with Crippen LogP contribution >= 0.6 is 11.6 Å². The van der Waals surface area contributed by atoms with Crippen molar-refractivity contribution in [3.63, 3.8) is 0 Å². The minimum atomic E-state index is -1.00. The molecule has 0 unspecified atom stereocenters. The van der Waals surface area contributed by atoms with Crippen molar-refractivity contribution in [3.8, 4) is 17.2 Å². The number of ether oxygens (including phenoxy) is 4. The van der Waals surface area contributed by atoms with Gasteiger partial charge in [0.05, 0.1) is 33.4 Å². The number of amides is 1. The Bertz CT molecular complexity index is 855. The molecule has 2 aromatic carbocycles. The number of nitrogens with one attached hydrogen (secondary N) is 1. The van der Waals surface area contributed by atoms with Crippen molar-refractivity contribution < 1.29 is 28.5 Å². The average Bonchev–Trinajstić information content (AvgIpc) is 2.67. The van der Waals surface area contributed by atoms with Crippen LogP contribution in [0.15, 0.2) is 36.4 Å². The maximum atomic E-state index is 12.3. The summed E-state index contributed by atoms with van der Waals surface area (Å²) < 4.78 is 20.8. The van der Waals surface area contributed by atoms with Crippen molar-refractivity contribution in [1.82, 2.24) is 0 Å². The van der Waals surface area contributed by atoms with Crippen LogP contribution in [0.25, 0.3) is 0 Å². The SMILES string of the molecule is COc1ccc(Cl)cc1NC(=O)[C@H](C)OC(=O)Cc1ccc(OC)c(OC)c1. The summed E-state index contributed by atoms with van der Waals surface area (Å²) in [4.78, 5) is 24.5. The largest absolute Gasteiger partial charge is 0.495 e. The van der Waals surface area contributed by atoms with E-state index in [1.807, 2.05) is 0 Å². The number of carbonyl (C=O) groups excluding carboxylic acids is 2. The fourth-order valence-corrected chi connectivity index (χ4v) is 2.63. The van der Waals surface area contributed by atoms with Crippen LogP contribution in [0.2, 0.25) is 5.02 Å². The molecule has 0 radical (unpaired) electrons. The molecule has 1 N–H and O–H groups in total. The standard InChI is InChI=1S/C20H22ClNO6/c1-12(20(24)22-15-11-14(21)6-8-16(15)25-2)28-19(23)10-13-5-7-17(26-3)18(9-13)27-4/h5-9,11-12H,10H2,1-4H3,(H,22,24)/t12-/m0/s1. The molecule has 0 spiro atoms. The lowest BCUT2D eigenvalue weighted by Crippen LogP contribution is -2.30. The summed E-state index contributed by atoms with van der Waals surface area (Å²) in [5.41, 5.74) is 1.06. The van der Waals surface area contributed by atoms with Gasteiger partial charge in [0.1, 0.15) is 5.75 Å². The molecule has 0 aliphatic carbocycles. The van der Waals surface area contributed by atoms with E-state index in [1.54, 1.807) is 36.4 Å². The van der Waals surface area contributed by atoms with E-state index in [1.165, 1.54) is 28.3 Å². The number of carbonyl (C=O) groups is 2. The third kappa shape index (κ3) is 5.53. The van der Waals surface area contributed by atoms with Crippen LogP contribution < -0.4 is 19.5 Å². The Hall–Kier alpha value is -2.93. The molecule has 0 aliphatic heterocycles. The Labute approximate surface area is 168 Å². The summed E-state index contributed by atoms with van der Waals surface area (Å²) >= 11 is 5.95. The van der Waals surface area contributed by atoms with Gasteiger partial charge in [0.15, 0.2) is 17.6 Å². The highest BCUT2D eigenvalue weighted by Crippen LogP contribution is 2.29. The van der Waals surface area contributed by atoms with Crippen LogP contribution in [0.5, 0.6) is 17.2 Å². The normalized spacial score (nSPS) is 11.3. The quantitative estimate of drug-likeness (QED) is 0.674. The van der Waals surface area contributed by atoms with Crippen molar-refractivity contribution in [2.75, 3.05) is 26.6 Å². The van der Waals surface area contributed by atoms with Crippen molar-refractivity contribution in [1.29, 1.82) is 0 Å². The fourth-order valence-electron chi connectivity index (χ4n) is 2.46. The molecular weight excluding hydrogens is 386 g/mol. The Morgan fingerprint density at radius 1 is 0.964 bits per heavy atom. The number of esters is 1. The van der Waals surface area contributed by atoms with Crippen LogP contribution in [0.1, 0.15) is 12.5 Å². The second kappa shape index (κ2) is 9.85. The lowest BCUT2D eigenvalue weighted by atomic mass is 10.1. The molecule has 1 atom stereocenters. The zero-order valence-electron chi connectivity index (χ0n) is 16.1. The Balaban J connectivity index is 1.98. The number of benzene rings is 2. The van der Waals surface area contributed by atoms with E-state index >= 15 is 0 Å². The Kier molecular flexibility index (Phi) is 7.52. The average molecular weight is 408 g/mol. The molecule has 0 saturated carbocycles. The van der Waals surface area contributed by atoms with E-state index in [-0.39, 0.29) is 6.42 Å².